The molecule has 1 saturated heterocycles. The first-order chi connectivity index (χ1) is 16.2. The summed E-state index contributed by atoms with van der Waals surface area (Å²) < 4.78 is 53.0. The molecule has 4 aliphatic rings. The SMILES string of the molecule is COC1CC(C2=CC(C)C3C(=O)N(C4CCC(OCCC(F)(F)F)=NC4)CC3=N2)C=NC1OC. The molecule has 4 rings (SSSR count). The van der Waals surface area contributed by atoms with Crippen LogP contribution in [-0.2, 0) is 19.0 Å². The summed E-state index contributed by atoms with van der Waals surface area (Å²) in [6.45, 7) is 2.36. The number of halogens is 3. The standard InChI is InChI=1S/C23H31F3N4O4/c1-13-8-16(14-9-18(32-2)21(33-3)28-10-14)29-17-12-30(22(31)20(13)17)15-4-5-19(27-11-15)34-7-6-23(24,25)26/h8,10,13-15,18,20-21H,4-7,9,11-12H2,1-3H3. The number of hydrogen-bond acceptors (Lipinski definition) is 7. The summed E-state index contributed by atoms with van der Waals surface area (Å²) in [7, 11) is 3.24. The minimum Gasteiger partial charge on any atom is -0.481 e. The molecule has 4 heterocycles. The van der Waals surface area contributed by atoms with Gasteiger partial charge in [0.1, 0.15) is 6.10 Å². The van der Waals surface area contributed by atoms with E-state index in [0.717, 1.165) is 11.4 Å². The second kappa shape index (κ2) is 10.2. The van der Waals surface area contributed by atoms with Gasteiger partial charge in [0.05, 0.1) is 43.8 Å². The minimum atomic E-state index is -4.25. The average molecular weight is 485 g/mol. The molecule has 6 unspecified atom stereocenters. The van der Waals surface area contributed by atoms with Crippen LogP contribution < -0.4 is 0 Å². The zero-order chi connectivity index (χ0) is 24.5. The highest BCUT2D eigenvalue weighted by Gasteiger charge is 2.45. The van der Waals surface area contributed by atoms with Crippen LogP contribution in [0.3, 0.4) is 0 Å². The number of nitrogens with zero attached hydrogens (tertiary/aromatic N) is 4. The van der Waals surface area contributed by atoms with Crippen molar-refractivity contribution < 1.29 is 32.2 Å². The van der Waals surface area contributed by atoms with Gasteiger partial charge in [-0.05, 0) is 18.8 Å². The van der Waals surface area contributed by atoms with Gasteiger partial charge in [-0.25, -0.2) is 0 Å². The molecule has 34 heavy (non-hydrogen) atoms. The van der Waals surface area contributed by atoms with Crippen molar-refractivity contribution >= 4 is 23.7 Å². The number of carbonyl (C=O) groups excluding carboxylic acids is 1. The Hall–Kier alpha value is -2.27. The van der Waals surface area contributed by atoms with Gasteiger partial charge in [0.15, 0.2) is 12.1 Å². The van der Waals surface area contributed by atoms with Gasteiger partial charge in [0.2, 0.25) is 5.91 Å². The van der Waals surface area contributed by atoms with Crippen molar-refractivity contribution in [3.8, 4) is 0 Å². The van der Waals surface area contributed by atoms with Crippen molar-refractivity contribution in [1.29, 1.82) is 0 Å². The Labute approximate surface area is 196 Å². The highest BCUT2D eigenvalue weighted by atomic mass is 19.4. The van der Waals surface area contributed by atoms with Gasteiger partial charge in [-0.2, -0.15) is 13.2 Å². The monoisotopic (exact) mass is 484 g/mol. The number of fused-ring (bicyclic) bond motifs is 1. The van der Waals surface area contributed by atoms with E-state index in [-0.39, 0.29) is 42.0 Å². The fraction of sp³-hybridized carbons (Fsp3) is 0.739. The number of alkyl halides is 3. The van der Waals surface area contributed by atoms with Gasteiger partial charge in [-0.3, -0.25) is 19.8 Å². The molecule has 188 valence electrons. The third-order valence-electron chi connectivity index (χ3n) is 6.88. The number of amides is 1. The molecule has 8 nitrogen and oxygen atoms in total. The van der Waals surface area contributed by atoms with E-state index in [1.54, 1.807) is 14.2 Å². The van der Waals surface area contributed by atoms with Crippen molar-refractivity contribution in [3.05, 3.63) is 11.8 Å². The van der Waals surface area contributed by atoms with E-state index in [1.807, 2.05) is 18.0 Å². The van der Waals surface area contributed by atoms with Gasteiger partial charge in [-0.1, -0.05) is 13.0 Å². The first-order valence-corrected chi connectivity index (χ1v) is 11.6. The van der Waals surface area contributed by atoms with Crippen molar-refractivity contribution in [1.82, 2.24) is 4.90 Å². The molecule has 11 heteroatoms. The smallest absolute Gasteiger partial charge is 0.392 e. The molecule has 6 atom stereocenters. The molecule has 0 radical (unpaired) electrons. The quantitative estimate of drug-likeness (QED) is 0.580. The molecule has 0 N–H and O–H groups in total. The number of hydrogen-bond donors (Lipinski definition) is 0. The van der Waals surface area contributed by atoms with E-state index in [2.05, 4.69) is 16.1 Å². The number of allylic oxidation sites excluding steroid dienone is 2. The van der Waals surface area contributed by atoms with Crippen LogP contribution in [0.2, 0.25) is 0 Å². The lowest BCUT2D eigenvalue weighted by Crippen LogP contribution is -2.42. The van der Waals surface area contributed by atoms with E-state index in [9.17, 15) is 18.0 Å². The molecule has 4 aliphatic heterocycles. The van der Waals surface area contributed by atoms with Crippen LogP contribution in [0, 0.1) is 17.8 Å². The summed E-state index contributed by atoms with van der Waals surface area (Å²) >= 11 is 0. The summed E-state index contributed by atoms with van der Waals surface area (Å²) in [5, 5.41) is 0. The third kappa shape index (κ3) is 5.35. The summed E-state index contributed by atoms with van der Waals surface area (Å²) in [5.74, 6) is 0.0743. The third-order valence-corrected chi connectivity index (χ3v) is 6.88. The topological polar surface area (TPSA) is 85.1 Å². The normalized spacial score (nSPS) is 33.9. The minimum absolute atomic E-state index is 0.00268. The van der Waals surface area contributed by atoms with Crippen LogP contribution in [0.5, 0.6) is 0 Å². The molecular weight excluding hydrogens is 453 g/mol. The van der Waals surface area contributed by atoms with Crippen LogP contribution in [-0.4, -0.2) is 87.1 Å². The van der Waals surface area contributed by atoms with Gasteiger partial charge >= 0.3 is 6.18 Å². The van der Waals surface area contributed by atoms with E-state index in [0.29, 0.717) is 38.2 Å². The van der Waals surface area contributed by atoms with Crippen LogP contribution >= 0.6 is 0 Å². The zero-order valence-electron chi connectivity index (χ0n) is 19.6. The summed E-state index contributed by atoms with van der Waals surface area (Å²) in [6, 6.07) is -0.108. The molecule has 0 saturated carbocycles. The Morgan fingerprint density at radius 3 is 2.68 bits per heavy atom. The maximum absolute atomic E-state index is 13.2. The van der Waals surface area contributed by atoms with E-state index in [4.69, 9.17) is 19.2 Å². The molecule has 0 bridgehead atoms. The zero-order valence-corrected chi connectivity index (χ0v) is 19.6. The van der Waals surface area contributed by atoms with Crippen molar-refractivity contribution in [2.24, 2.45) is 32.7 Å². The first kappa shape index (κ1) is 24.8. The number of likely N-dealkylation sites (tertiary alicyclic amines) is 1. The number of rotatable bonds is 6. The Morgan fingerprint density at radius 1 is 1.24 bits per heavy atom. The number of ether oxygens (including phenoxy) is 3. The Bertz CT molecular complexity index is 901. The highest BCUT2D eigenvalue weighted by Crippen LogP contribution is 2.36. The maximum atomic E-state index is 13.2. The van der Waals surface area contributed by atoms with Gasteiger partial charge in [-0.15, -0.1) is 0 Å². The van der Waals surface area contributed by atoms with E-state index < -0.39 is 19.2 Å². The lowest BCUT2D eigenvalue weighted by molar-refractivity contribution is -0.140. The molecule has 0 spiro atoms. The molecular formula is C23H31F3N4O4. The fourth-order valence-corrected chi connectivity index (χ4v) is 5.05. The van der Waals surface area contributed by atoms with Crippen LogP contribution in [0.25, 0.3) is 0 Å². The predicted molar refractivity (Wildman–Crippen MR) is 120 cm³/mol. The summed E-state index contributed by atoms with van der Waals surface area (Å²) in [5.41, 5.74) is 1.75. The summed E-state index contributed by atoms with van der Waals surface area (Å²) in [6.07, 6.45) is -0.115. The average Bonchev–Trinajstić information content (AvgIpc) is 3.15. The van der Waals surface area contributed by atoms with Gasteiger partial charge in [0.25, 0.3) is 0 Å². The van der Waals surface area contributed by atoms with Crippen LogP contribution in [0.15, 0.2) is 26.8 Å². The second-order valence-electron chi connectivity index (χ2n) is 9.18. The van der Waals surface area contributed by atoms with Crippen LogP contribution in [0.4, 0.5) is 13.2 Å². The summed E-state index contributed by atoms with van der Waals surface area (Å²) in [4.78, 5) is 28.7. The Morgan fingerprint density at radius 2 is 2.03 bits per heavy atom. The largest absolute Gasteiger partial charge is 0.481 e. The van der Waals surface area contributed by atoms with Crippen LogP contribution in [0.1, 0.15) is 32.6 Å². The van der Waals surface area contributed by atoms with E-state index in [1.165, 1.54) is 0 Å². The lowest BCUT2D eigenvalue weighted by Gasteiger charge is -2.31. The van der Waals surface area contributed by atoms with Crippen molar-refractivity contribution in [2.75, 3.05) is 33.9 Å². The first-order valence-electron chi connectivity index (χ1n) is 11.6. The maximum Gasteiger partial charge on any atom is 0.392 e. The molecule has 0 aromatic carbocycles. The Kier molecular flexibility index (Phi) is 7.42. The van der Waals surface area contributed by atoms with Gasteiger partial charge < -0.3 is 19.1 Å². The number of methoxy groups -OCH3 is 2. The molecule has 0 aliphatic carbocycles. The fourth-order valence-electron chi connectivity index (χ4n) is 5.05. The van der Waals surface area contributed by atoms with Crippen molar-refractivity contribution in [3.63, 3.8) is 0 Å². The molecule has 0 aromatic rings. The van der Waals surface area contributed by atoms with Gasteiger partial charge in [0, 0.05) is 38.5 Å². The van der Waals surface area contributed by atoms with Crippen molar-refractivity contribution in [2.45, 2.75) is 57.2 Å². The predicted octanol–water partition coefficient (Wildman–Crippen LogP) is 3.03. The molecule has 0 aromatic heterocycles. The Balaban J connectivity index is 1.39. The highest BCUT2D eigenvalue weighted by molar-refractivity contribution is 6.12. The second-order valence-corrected chi connectivity index (χ2v) is 9.18. The number of carbonyl (C=O) groups is 1. The molecule has 1 amide bonds. The number of aliphatic imine (C=N–C) groups is 3. The lowest BCUT2D eigenvalue weighted by atomic mass is 9.84. The molecule has 1 fully saturated rings. The van der Waals surface area contributed by atoms with E-state index >= 15 is 0 Å².